The Morgan fingerprint density at radius 1 is 1.12 bits per heavy atom. The number of nitrogens with zero attached hydrogens (tertiary/aromatic N) is 1. The van der Waals surface area contributed by atoms with E-state index in [1.165, 1.54) is 0 Å². The molecule has 3 N–H and O–H groups in total. The molecule has 0 bridgehead atoms. The Balaban J connectivity index is 2.29. The quantitative estimate of drug-likeness (QED) is 0.340. The summed E-state index contributed by atoms with van der Waals surface area (Å²) in [6.45, 7) is 11.1. The molecule has 0 radical (unpaired) electrons. The third-order valence-corrected chi connectivity index (χ3v) is 3.64. The van der Waals surface area contributed by atoms with E-state index in [0.717, 1.165) is 43.4 Å². The van der Waals surface area contributed by atoms with E-state index in [9.17, 15) is 4.79 Å². The SMILES string of the molecule is CN=C(NCCCOCC(C)C)NCc1ccc(NC(=O)C(C)C)cc1. The molecule has 6 heteroatoms. The minimum Gasteiger partial charge on any atom is -0.381 e. The minimum atomic E-state index is -0.0264. The molecule has 0 spiro atoms. The molecule has 0 aliphatic rings. The molecule has 26 heavy (non-hydrogen) atoms. The second kappa shape index (κ2) is 12.3. The van der Waals surface area contributed by atoms with Crippen molar-refractivity contribution in [2.24, 2.45) is 16.8 Å². The van der Waals surface area contributed by atoms with Crippen LogP contribution in [0.15, 0.2) is 29.3 Å². The predicted octanol–water partition coefficient (Wildman–Crippen LogP) is 3.01. The summed E-state index contributed by atoms with van der Waals surface area (Å²) in [4.78, 5) is 15.9. The number of amides is 1. The molecule has 0 saturated carbocycles. The number of guanidine groups is 1. The van der Waals surface area contributed by atoms with E-state index >= 15 is 0 Å². The van der Waals surface area contributed by atoms with Crippen LogP contribution in [-0.4, -0.2) is 38.7 Å². The number of nitrogens with one attached hydrogen (secondary N) is 3. The van der Waals surface area contributed by atoms with Crippen LogP contribution < -0.4 is 16.0 Å². The number of anilines is 1. The lowest BCUT2D eigenvalue weighted by molar-refractivity contribution is -0.118. The van der Waals surface area contributed by atoms with Gasteiger partial charge in [0.2, 0.25) is 5.91 Å². The van der Waals surface area contributed by atoms with Crippen molar-refractivity contribution in [2.75, 3.05) is 32.1 Å². The zero-order valence-electron chi connectivity index (χ0n) is 16.8. The number of benzene rings is 1. The fourth-order valence-corrected chi connectivity index (χ4v) is 2.10. The van der Waals surface area contributed by atoms with Gasteiger partial charge < -0.3 is 20.7 Å². The molecule has 0 aliphatic heterocycles. The van der Waals surface area contributed by atoms with Crippen LogP contribution in [0.4, 0.5) is 5.69 Å². The van der Waals surface area contributed by atoms with Gasteiger partial charge >= 0.3 is 0 Å². The standard InChI is InChI=1S/C20H34N4O2/c1-15(2)14-26-12-6-11-22-20(21-5)23-13-17-7-9-18(10-8-17)24-19(25)16(3)4/h7-10,15-16H,6,11-14H2,1-5H3,(H,24,25)(H2,21,22,23). The average molecular weight is 363 g/mol. The highest BCUT2D eigenvalue weighted by molar-refractivity contribution is 5.92. The number of rotatable bonds is 10. The summed E-state index contributed by atoms with van der Waals surface area (Å²) in [5.74, 6) is 1.34. The van der Waals surface area contributed by atoms with Gasteiger partial charge in [-0.2, -0.15) is 0 Å². The van der Waals surface area contributed by atoms with Gasteiger partial charge in [-0.05, 0) is 30.0 Å². The van der Waals surface area contributed by atoms with Gasteiger partial charge in [-0.25, -0.2) is 0 Å². The van der Waals surface area contributed by atoms with Gasteiger partial charge in [0, 0.05) is 45.0 Å². The molecule has 1 aromatic carbocycles. The summed E-state index contributed by atoms with van der Waals surface area (Å²) >= 11 is 0. The molecule has 6 nitrogen and oxygen atoms in total. The van der Waals surface area contributed by atoms with Crippen molar-refractivity contribution < 1.29 is 9.53 Å². The van der Waals surface area contributed by atoms with Crippen molar-refractivity contribution in [2.45, 2.75) is 40.7 Å². The second-order valence-electron chi connectivity index (χ2n) is 7.02. The van der Waals surface area contributed by atoms with Crippen molar-refractivity contribution in [1.82, 2.24) is 10.6 Å². The molecule has 0 atom stereocenters. The number of carbonyl (C=O) groups is 1. The minimum absolute atomic E-state index is 0.0258. The molecular weight excluding hydrogens is 328 g/mol. The van der Waals surface area contributed by atoms with Crippen LogP contribution >= 0.6 is 0 Å². The molecule has 0 saturated heterocycles. The molecule has 146 valence electrons. The van der Waals surface area contributed by atoms with E-state index in [0.29, 0.717) is 12.5 Å². The number of carbonyl (C=O) groups excluding carboxylic acids is 1. The number of ether oxygens (including phenoxy) is 1. The monoisotopic (exact) mass is 362 g/mol. The van der Waals surface area contributed by atoms with Gasteiger partial charge in [0.05, 0.1) is 0 Å². The summed E-state index contributed by atoms with van der Waals surface area (Å²) in [7, 11) is 1.76. The van der Waals surface area contributed by atoms with Crippen molar-refractivity contribution in [3.8, 4) is 0 Å². The van der Waals surface area contributed by atoms with Crippen LogP contribution in [0, 0.1) is 11.8 Å². The Morgan fingerprint density at radius 2 is 1.81 bits per heavy atom. The first-order chi connectivity index (χ1) is 12.4. The van der Waals surface area contributed by atoms with Crippen LogP contribution in [0.5, 0.6) is 0 Å². The summed E-state index contributed by atoms with van der Waals surface area (Å²) in [5.41, 5.74) is 1.94. The lowest BCUT2D eigenvalue weighted by Crippen LogP contribution is -2.37. The zero-order chi connectivity index (χ0) is 19.4. The van der Waals surface area contributed by atoms with E-state index in [1.807, 2.05) is 38.1 Å². The summed E-state index contributed by atoms with van der Waals surface area (Å²) in [6, 6.07) is 7.82. The van der Waals surface area contributed by atoms with Gasteiger partial charge in [-0.15, -0.1) is 0 Å². The van der Waals surface area contributed by atoms with Gasteiger partial charge in [-0.1, -0.05) is 39.8 Å². The molecule has 1 amide bonds. The summed E-state index contributed by atoms with van der Waals surface area (Å²) in [5, 5.41) is 9.45. The third-order valence-electron chi connectivity index (χ3n) is 3.64. The molecule has 0 aliphatic carbocycles. The average Bonchev–Trinajstić information content (AvgIpc) is 2.61. The first-order valence-corrected chi connectivity index (χ1v) is 9.34. The second-order valence-corrected chi connectivity index (χ2v) is 7.02. The fraction of sp³-hybridized carbons (Fsp3) is 0.600. The van der Waals surface area contributed by atoms with Crippen molar-refractivity contribution >= 4 is 17.6 Å². The first-order valence-electron chi connectivity index (χ1n) is 9.34. The van der Waals surface area contributed by atoms with E-state index in [2.05, 4.69) is 34.8 Å². The van der Waals surface area contributed by atoms with E-state index < -0.39 is 0 Å². The maximum Gasteiger partial charge on any atom is 0.226 e. The Morgan fingerprint density at radius 3 is 2.38 bits per heavy atom. The van der Waals surface area contributed by atoms with Crippen LogP contribution in [0.3, 0.4) is 0 Å². The van der Waals surface area contributed by atoms with Crippen LogP contribution in [0.25, 0.3) is 0 Å². The molecule has 0 heterocycles. The maximum atomic E-state index is 11.7. The third kappa shape index (κ3) is 9.42. The van der Waals surface area contributed by atoms with Crippen LogP contribution in [-0.2, 0) is 16.1 Å². The first kappa shape index (κ1) is 22.0. The van der Waals surface area contributed by atoms with Crippen molar-refractivity contribution in [3.05, 3.63) is 29.8 Å². The zero-order valence-corrected chi connectivity index (χ0v) is 16.8. The number of hydrogen-bond donors (Lipinski definition) is 3. The van der Waals surface area contributed by atoms with Crippen molar-refractivity contribution in [1.29, 1.82) is 0 Å². The predicted molar refractivity (Wildman–Crippen MR) is 108 cm³/mol. The van der Waals surface area contributed by atoms with E-state index in [1.54, 1.807) is 7.05 Å². The van der Waals surface area contributed by atoms with Crippen LogP contribution in [0.2, 0.25) is 0 Å². The molecule has 0 aromatic heterocycles. The van der Waals surface area contributed by atoms with Crippen molar-refractivity contribution in [3.63, 3.8) is 0 Å². The van der Waals surface area contributed by atoms with Gasteiger partial charge in [0.25, 0.3) is 0 Å². The number of aliphatic imine (C=N–C) groups is 1. The molecule has 0 fully saturated rings. The maximum absolute atomic E-state index is 11.7. The molecule has 1 rings (SSSR count). The smallest absolute Gasteiger partial charge is 0.226 e. The Bertz CT molecular complexity index is 553. The number of hydrogen-bond acceptors (Lipinski definition) is 3. The van der Waals surface area contributed by atoms with Gasteiger partial charge in [-0.3, -0.25) is 9.79 Å². The lowest BCUT2D eigenvalue weighted by atomic mass is 10.1. The Hall–Kier alpha value is -2.08. The summed E-state index contributed by atoms with van der Waals surface area (Å²) in [6.07, 6.45) is 0.942. The largest absolute Gasteiger partial charge is 0.381 e. The molecule has 0 unspecified atom stereocenters. The Labute approximate surface area is 157 Å². The molecule has 1 aromatic rings. The van der Waals surface area contributed by atoms with Crippen LogP contribution in [0.1, 0.15) is 39.7 Å². The highest BCUT2D eigenvalue weighted by atomic mass is 16.5. The topological polar surface area (TPSA) is 74.8 Å². The van der Waals surface area contributed by atoms with Gasteiger partial charge in [0.15, 0.2) is 5.96 Å². The van der Waals surface area contributed by atoms with E-state index in [4.69, 9.17) is 4.74 Å². The summed E-state index contributed by atoms with van der Waals surface area (Å²) < 4.78 is 5.56. The highest BCUT2D eigenvalue weighted by Gasteiger charge is 2.06. The fourth-order valence-electron chi connectivity index (χ4n) is 2.10. The normalized spacial score (nSPS) is 11.7. The Kier molecular flexibility index (Phi) is 10.4. The van der Waals surface area contributed by atoms with Gasteiger partial charge in [0.1, 0.15) is 0 Å². The lowest BCUT2D eigenvalue weighted by Gasteiger charge is -2.13. The van der Waals surface area contributed by atoms with E-state index in [-0.39, 0.29) is 11.8 Å². The molecular formula is C20H34N4O2. The highest BCUT2D eigenvalue weighted by Crippen LogP contribution is 2.10.